The minimum absolute atomic E-state index is 0.358. The molecule has 1 atom stereocenters. The number of rotatable bonds is 6. The quantitative estimate of drug-likeness (QED) is 0.395. The van der Waals surface area contributed by atoms with Crippen molar-refractivity contribution in [3.63, 3.8) is 0 Å². The van der Waals surface area contributed by atoms with E-state index in [0.717, 1.165) is 17.0 Å². The molecule has 3 heterocycles. The Bertz CT molecular complexity index is 799. The number of carbonyl (C=O) groups is 3. The van der Waals surface area contributed by atoms with Gasteiger partial charge in [0.15, 0.2) is 0 Å². The van der Waals surface area contributed by atoms with E-state index in [4.69, 9.17) is 4.74 Å². The van der Waals surface area contributed by atoms with E-state index >= 15 is 0 Å². The average molecular weight is 364 g/mol. The van der Waals surface area contributed by atoms with Gasteiger partial charge in [0.25, 0.3) is 5.91 Å². The molecule has 2 aliphatic heterocycles. The smallest absolute Gasteiger partial charge is 0.401 e. The van der Waals surface area contributed by atoms with Gasteiger partial charge in [-0.3, -0.25) is 14.5 Å². The number of methoxy groups -OCH3 is 2. The highest BCUT2D eigenvalue weighted by Crippen LogP contribution is 2.29. The number of urea groups is 1. The molecule has 0 spiro atoms. The summed E-state index contributed by atoms with van der Waals surface area (Å²) in [5.74, 6) is -0.185. The van der Waals surface area contributed by atoms with Crippen LogP contribution in [0.4, 0.5) is 10.7 Å². The molecule has 10 heteroatoms. The van der Waals surface area contributed by atoms with E-state index in [-0.39, 0.29) is 0 Å². The highest BCUT2D eigenvalue weighted by Gasteiger charge is 2.53. The highest BCUT2D eigenvalue weighted by molar-refractivity contribution is 6.19. The Kier molecular flexibility index (Phi) is 4.77. The van der Waals surface area contributed by atoms with Gasteiger partial charge < -0.3 is 9.47 Å². The summed E-state index contributed by atoms with van der Waals surface area (Å²) in [6.45, 7) is 2.80. The molecule has 1 saturated heterocycles. The Labute approximate surface area is 150 Å². The Morgan fingerprint density at radius 3 is 2.73 bits per heavy atom. The largest absolute Gasteiger partial charge is 0.468 e. The number of aliphatic imine (C=N–C) groups is 1. The zero-order valence-corrected chi connectivity index (χ0v) is 15.3. The fourth-order valence-corrected chi connectivity index (χ4v) is 3.21. The number of ether oxygens (including phenoxy) is 2. The number of amides is 3. The summed E-state index contributed by atoms with van der Waals surface area (Å²) < 4.78 is 13.4. The molecule has 2 aliphatic rings. The molecule has 140 valence electrons. The zero-order valence-electron chi connectivity index (χ0n) is 15.3. The minimum Gasteiger partial charge on any atom is -0.468 e. The SMILES string of the molecule is COCCCn1c(C)c[n+]2c1N=C1C2C(=O)N(CC(=O)OC)C(=O)N1C. The second-order valence-corrected chi connectivity index (χ2v) is 6.19. The van der Waals surface area contributed by atoms with Crippen molar-refractivity contribution in [2.75, 3.05) is 34.4 Å². The average Bonchev–Trinajstić information content (AvgIpc) is 3.12. The van der Waals surface area contributed by atoms with Crippen LogP contribution in [0.15, 0.2) is 11.2 Å². The number of likely N-dealkylation sites (N-methyl/N-ethyl adjacent to an activating group) is 1. The van der Waals surface area contributed by atoms with Gasteiger partial charge in [0.05, 0.1) is 13.7 Å². The number of aryl methyl sites for hydroxylation is 1. The van der Waals surface area contributed by atoms with Crippen molar-refractivity contribution in [2.45, 2.75) is 25.9 Å². The summed E-state index contributed by atoms with van der Waals surface area (Å²) in [6, 6.07) is -1.36. The second-order valence-electron chi connectivity index (χ2n) is 6.19. The maximum absolute atomic E-state index is 12.9. The van der Waals surface area contributed by atoms with E-state index in [2.05, 4.69) is 9.73 Å². The summed E-state index contributed by atoms with van der Waals surface area (Å²) in [5, 5.41) is 0. The van der Waals surface area contributed by atoms with E-state index in [1.165, 1.54) is 12.0 Å². The van der Waals surface area contributed by atoms with Crippen LogP contribution >= 0.6 is 0 Å². The third-order valence-corrected chi connectivity index (χ3v) is 4.57. The van der Waals surface area contributed by atoms with Crippen molar-refractivity contribution in [1.82, 2.24) is 14.4 Å². The Hall–Kier alpha value is -2.75. The van der Waals surface area contributed by atoms with E-state index in [0.29, 0.717) is 24.9 Å². The molecule has 26 heavy (non-hydrogen) atoms. The lowest BCUT2D eigenvalue weighted by atomic mass is 10.1. The molecular weight excluding hydrogens is 342 g/mol. The van der Waals surface area contributed by atoms with Crippen LogP contribution in [0, 0.1) is 6.92 Å². The lowest BCUT2D eigenvalue weighted by Crippen LogP contribution is -2.63. The number of nitrogens with zero attached hydrogens (tertiary/aromatic N) is 5. The fourth-order valence-electron chi connectivity index (χ4n) is 3.21. The van der Waals surface area contributed by atoms with Gasteiger partial charge >= 0.3 is 17.9 Å². The van der Waals surface area contributed by atoms with Gasteiger partial charge in [-0.2, -0.15) is 0 Å². The molecule has 1 aromatic rings. The molecule has 3 rings (SSSR count). The Balaban J connectivity index is 1.95. The van der Waals surface area contributed by atoms with Gasteiger partial charge in [-0.25, -0.2) is 18.8 Å². The third-order valence-electron chi connectivity index (χ3n) is 4.57. The molecule has 1 fully saturated rings. The van der Waals surface area contributed by atoms with Crippen molar-refractivity contribution in [3.8, 4) is 0 Å². The summed E-state index contributed by atoms with van der Waals surface area (Å²) in [6.07, 6.45) is 2.63. The first-order chi connectivity index (χ1) is 12.4. The molecule has 10 nitrogen and oxygen atoms in total. The highest BCUT2D eigenvalue weighted by atomic mass is 16.5. The number of aromatic nitrogens is 2. The van der Waals surface area contributed by atoms with Gasteiger partial charge in [0.2, 0.25) is 11.9 Å². The number of esters is 1. The molecule has 0 radical (unpaired) electrons. The van der Waals surface area contributed by atoms with E-state index in [1.807, 2.05) is 17.7 Å². The third kappa shape index (κ3) is 2.75. The van der Waals surface area contributed by atoms with Crippen LogP contribution in [0.5, 0.6) is 0 Å². The van der Waals surface area contributed by atoms with Crippen LogP contribution in [-0.2, 0) is 25.6 Å². The van der Waals surface area contributed by atoms with Crippen LogP contribution in [0.2, 0.25) is 0 Å². The van der Waals surface area contributed by atoms with Crippen LogP contribution in [0.1, 0.15) is 18.2 Å². The lowest BCUT2D eigenvalue weighted by molar-refractivity contribution is -0.677. The van der Waals surface area contributed by atoms with Crippen LogP contribution < -0.4 is 4.57 Å². The zero-order chi connectivity index (χ0) is 19.0. The summed E-state index contributed by atoms with van der Waals surface area (Å²) in [5.41, 5.74) is 0.950. The topological polar surface area (TPSA) is 97.3 Å². The fraction of sp³-hybridized carbons (Fsp3) is 0.562. The maximum Gasteiger partial charge on any atom is 0.401 e. The van der Waals surface area contributed by atoms with Gasteiger partial charge in [0, 0.05) is 27.2 Å². The van der Waals surface area contributed by atoms with Gasteiger partial charge in [-0.1, -0.05) is 4.99 Å². The van der Waals surface area contributed by atoms with E-state index in [9.17, 15) is 14.4 Å². The number of imidazole rings is 1. The summed E-state index contributed by atoms with van der Waals surface area (Å²) >= 11 is 0. The number of imide groups is 1. The van der Waals surface area contributed by atoms with Gasteiger partial charge in [-0.05, 0) is 6.92 Å². The Morgan fingerprint density at radius 2 is 2.08 bits per heavy atom. The first-order valence-electron chi connectivity index (χ1n) is 8.25. The molecule has 0 aromatic carbocycles. The first kappa shape index (κ1) is 18.1. The van der Waals surface area contributed by atoms with Crippen molar-refractivity contribution in [1.29, 1.82) is 0 Å². The molecule has 0 saturated carbocycles. The number of carbonyl (C=O) groups excluding carboxylic acids is 3. The molecule has 1 unspecified atom stereocenters. The van der Waals surface area contributed by atoms with E-state index in [1.54, 1.807) is 18.7 Å². The van der Waals surface area contributed by atoms with E-state index < -0.39 is 30.5 Å². The number of amidine groups is 1. The predicted molar refractivity (Wildman–Crippen MR) is 88.9 cm³/mol. The second kappa shape index (κ2) is 6.87. The molecule has 0 N–H and O–H groups in total. The van der Waals surface area contributed by atoms with Gasteiger partial charge in [-0.15, -0.1) is 0 Å². The van der Waals surface area contributed by atoms with Crippen molar-refractivity contribution < 1.29 is 28.4 Å². The minimum atomic E-state index is -0.764. The lowest BCUT2D eigenvalue weighted by Gasteiger charge is -2.32. The summed E-state index contributed by atoms with van der Waals surface area (Å²) in [7, 11) is 4.40. The van der Waals surface area contributed by atoms with Crippen molar-refractivity contribution in [2.24, 2.45) is 4.99 Å². The van der Waals surface area contributed by atoms with Crippen LogP contribution in [-0.4, -0.2) is 72.5 Å². The number of hydrogen-bond acceptors (Lipinski definition) is 6. The molecule has 0 aliphatic carbocycles. The molecule has 0 bridgehead atoms. The normalized spacial score (nSPS) is 18.8. The van der Waals surface area contributed by atoms with Crippen LogP contribution in [0.3, 0.4) is 0 Å². The van der Waals surface area contributed by atoms with Crippen molar-refractivity contribution >= 4 is 29.7 Å². The van der Waals surface area contributed by atoms with Crippen molar-refractivity contribution in [3.05, 3.63) is 11.9 Å². The monoisotopic (exact) mass is 364 g/mol. The van der Waals surface area contributed by atoms with Gasteiger partial charge in [0.1, 0.15) is 18.4 Å². The standard InChI is InChI=1S/C16H22N5O5/c1-10-8-20-12-13(17-15(20)19(10)6-5-7-25-3)18(2)16(24)21(14(12)23)9-11(22)26-4/h8,12H,5-7,9H2,1-4H3/q+1. The first-order valence-corrected chi connectivity index (χ1v) is 8.25. The Morgan fingerprint density at radius 1 is 1.35 bits per heavy atom. The maximum atomic E-state index is 12.9. The molecule has 1 aromatic heterocycles. The number of hydrogen-bond donors (Lipinski definition) is 0. The molecular formula is C16H22N5O5+. The molecule has 3 amide bonds. The number of fused-ring (bicyclic) bond motifs is 3. The summed E-state index contributed by atoms with van der Waals surface area (Å²) in [4.78, 5) is 43.7. The predicted octanol–water partition coefficient (Wildman–Crippen LogP) is -0.228. The van der Waals surface area contributed by atoms with Crippen LogP contribution in [0.25, 0.3) is 0 Å².